The van der Waals surface area contributed by atoms with Crippen LogP contribution in [0.4, 0.5) is 0 Å². The fraction of sp³-hybridized carbons (Fsp3) is 1.00. The molecule has 1 saturated carbocycles. The first-order valence-corrected chi connectivity index (χ1v) is 10.4. The third-order valence-electron chi connectivity index (χ3n) is 5.29. The molecule has 3 nitrogen and oxygen atoms in total. The topological polar surface area (TPSA) is 49.7 Å². The lowest BCUT2D eigenvalue weighted by molar-refractivity contribution is 0.0785. The lowest BCUT2D eigenvalue weighted by atomic mass is 9.89. The molecular formula is C15H32O3Si. The van der Waals surface area contributed by atoms with E-state index in [0.717, 1.165) is 13.0 Å². The van der Waals surface area contributed by atoms with Gasteiger partial charge in [0.15, 0.2) is 8.32 Å². The van der Waals surface area contributed by atoms with Crippen LogP contribution in [0.1, 0.15) is 40.5 Å². The summed E-state index contributed by atoms with van der Waals surface area (Å²) in [6, 6.07) is 0. The second-order valence-corrected chi connectivity index (χ2v) is 12.5. The van der Waals surface area contributed by atoms with Crippen molar-refractivity contribution >= 4 is 8.32 Å². The van der Waals surface area contributed by atoms with Crippen molar-refractivity contribution in [3.05, 3.63) is 0 Å². The lowest BCUT2D eigenvalue weighted by Crippen LogP contribution is -2.43. The third kappa shape index (κ3) is 4.03. The number of rotatable bonds is 5. The summed E-state index contributed by atoms with van der Waals surface area (Å²) in [5.41, 5.74) is 0. The van der Waals surface area contributed by atoms with Crippen molar-refractivity contribution in [1.82, 2.24) is 0 Å². The Bertz CT molecular complexity index is 286. The van der Waals surface area contributed by atoms with E-state index in [1.165, 1.54) is 0 Å². The predicted octanol–water partition coefficient (Wildman–Crippen LogP) is 3.02. The molecule has 1 rings (SSSR count). The minimum Gasteiger partial charge on any atom is -0.417 e. The van der Waals surface area contributed by atoms with Crippen molar-refractivity contribution in [3.63, 3.8) is 0 Å². The monoisotopic (exact) mass is 288 g/mol. The Kier molecular flexibility index (Phi) is 5.64. The zero-order chi connectivity index (χ0) is 14.8. The molecule has 1 aliphatic carbocycles. The van der Waals surface area contributed by atoms with Gasteiger partial charge in [-0.1, -0.05) is 27.7 Å². The van der Waals surface area contributed by atoms with Crippen molar-refractivity contribution in [2.24, 2.45) is 17.8 Å². The van der Waals surface area contributed by atoms with E-state index in [-0.39, 0.29) is 23.7 Å². The van der Waals surface area contributed by atoms with Gasteiger partial charge < -0.3 is 14.6 Å². The lowest BCUT2D eigenvalue weighted by Gasteiger charge is -2.38. The molecule has 0 unspecified atom stereocenters. The van der Waals surface area contributed by atoms with E-state index in [0.29, 0.717) is 18.3 Å². The van der Waals surface area contributed by atoms with Gasteiger partial charge in [-0.25, -0.2) is 0 Å². The molecule has 19 heavy (non-hydrogen) atoms. The smallest absolute Gasteiger partial charge is 0.191 e. The molecule has 2 N–H and O–H groups in total. The number of hydrogen-bond donors (Lipinski definition) is 2. The van der Waals surface area contributed by atoms with Gasteiger partial charge in [0.25, 0.3) is 0 Å². The van der Waals surface area contributed by atoms with Gasteiger partial charge in [-0.3, -0.25) is 0 Å². The average Bonchev–Trinajstić information content (AvgIpc) is 2.50. The van der Waals surface area contributed by atoms with Crippen LogP contribution in [0.2, 0.25) is 18.1 Å². The van der Waals surface area contributed by atoms with Crippen LogP contribution in [0.3, 0.4) is 0 Å². The molecule has 0 amide bonds. The fourth-order valence-corrected chi connectivity index (χ4v) is 3.84. The summed E-state index contributed by atoms with van der Waals surface area (Å²) in [6.07, 6.45) is 1.27. The minimum absolute atomic E-state index is 0.158. The van der Waals surface area contributed by atoms with Crippen molar-refractivity contribution in [3.8, 4) is 0 Å². The molecule has 1 fully saturated rings. The standard InChI is InChI=1S/C15H32O3Si/c1-11-9-14(17)12(7-8-16)13(11)10-18-19(5,6)15(2,3)4/h11-14,16-17H,7-10H2,1-6H3/t11-,12-,13+,14+/m1/s1. The first kappa shape index (κ1) is 17.1. The van der Waals surface area contributed by atoms with E-state index in [9.17, 15) is 5.11 Å². The molecule has 0 radical (unpaired) electrons. The molecule has 0 aromatic rings. The molecule has 114 valence electrons. The Labute approximate surface area is 119 Å². The molecule has 0 heterocycles. The van der Waals surface area contributed by atoms with Crippen LogP contribution in [-0.4, -0.2) is 37.8 Å². The fourth-order valence-electron chi connectivity index (χ4n) is 2.80. The first-order valence-electron chi connectivity index (χ1n) is 7.53. The molecule has 0 aliphatic heterocycles. The minimum atomic E-state index is -1.72. The Morgan fingerprint density at radius 1 is 1.21 bits per heavy atom. The van der Waals surface area contributed by atoms with E-state index < -0.39 is 8.32 Å². The summed E-state index contributed by atoms with van der Waals surface area (Å²) in [4.78, 5) is 0. The quantitative estimate of drug-likeness (QED) is 0.765. The number of aliphatic hydroxyl groups is 2. The van der Waals surface area contributed by atoms with Gasteiger partial charge in [-0.15, -0.1) is 0 Å². The normalized spacial score (nSPS) is 32.8. The molecule has 0 spiro atoms. The highest BCUT2D eigenvalue weighted by Gasteiger charge is 2.43. The van der Waals surface area contributed by atoms with Crippen molar-refractivity contribution in [1.29, 1.82) is 0 Å². The summed E-state index contributed by atoms with van der Waals surface area (Å²) in [7, 11) is -1.72. The van der Waals surface area contributed by atoms with E-state index in [1.807, 2.05) is 0 Å². The maximum atomic E-state index is 10.1. The van der Waals surface area contributed by atoms with E-state index >= 15 is 0 Å². The Hall–Kier alpha value is 0.0969. The predicted molar refractivity (Wildman–Crippen MR) is 81.6 cm³/mol. The maximum absolute atomic E-state index is 10.1. The SMILES string of the molecule is C[C@@H]1C[C@H](O)[C@H](CCO)[C@H]1CO[Si](C)(C)C(C)(C)C. The maximum Gasteiger partial charge on any atom is 0.191 e. The van der Waals surface area contributed by atoms with Crippen molar-refractivity contribution in [2.75, 3.05) is 13.2 Å². The molecular weight excluding hydrogens is 256 g/mol. The molecule has 0 aromatic carbocycles. The largest absolute Gasteiger partial charge is 0.417 e. The number of aliphatic hydroxyl groups excluding tert-OH is 2. The molecule has 4 atom stereocenters. The number of hydrogen-bond acceptors (Lipinski definition) is 3. The molecule has 0 aromatic heterocycles. The average molecular weight is 289 g/mol. The van der Waals surface area contributed by atoms with Gasteiger partial charge in [-0.2, -0.15) is 0 Å². The van der Waals surface area contributed by atoms with Crippen LogP contribution in [-0.2, 0) is 4.43 Å². The zero-order valence-electron chi connectivity index (χ0n) is 13.4. The van der Waals surface area contributed by atoms with Crippen LogP contribution < -0.4 is 0 Å². The second-order valence-electron chi connectivity index (χ2n) is 7.69. The highest BCUT2D eigenvalue weighted by atomic mass is 28.4. The van der Waals surface area contributed by atoms with Gasteiger partial charge in [0.05, 0.1) is 6.10 Å². The van der Waals surface area contributed by atoms with Crippen LogP contribution in [0, 0.1) is 17.8 Å². The summed E-state index contributed by atoms with van der Waals surface area (Å²) < 4.78 is 6.32. The Morgan fingerprint density at radius 3 is 2.26 bits per heavy atom. The van der Waals surface area contributed by atoms with Gasteiger partial charge in [0, 0.05) is 13.2 Å². The zero-order valence-corrected chi connectivity index (χ0v) is 14.4. The highest BCUT2D eigenvalue weighted by Crippen LogP contribution is 2.42. The summed E-state index contributed by atoms with van der Waals surface area (Å²) in [6.45, 7) is 14.4. The van der Waals surface area contributed by atoms with Gasteiger partial charge in [0.2, 0.25) is 0 Å². The third-order valence-corrected chi connectivity index (χ3v) is 9.79. The van der Waals surface area contributed by atoms with Crippen molar-refractivity contribution in [2.45, 2.75) is 64.8 Å². The van der Waals surface area contributed by atoms with Crippen molar-refractivity contribution < 1.29 is 14.6 Å². The molecule has 1 aliphatic rings. The summed E-state index contributed by atoms with van der Waals surface area (Å²) in [5, 5.41) is 19.5. The summed E-state index contributed by atoms with van der Waals surface area (Å²) >= 11 is 0. The van der Waals surface area contributed by atoms with Crippen LogP contribution in [0.15, 0.2) is 0 Å². The Balaban J connectivity index is 2.64. The van der Waals surface area contributed by atoms with Gasteiger partial charge in [-0.05, 0) is 48.7 Å². The van der Waals surface area contributed by atoms with Gasteiger partial charge in [0.1, 0.15) is 0 Å². The van der Waals surface area contributed by atoms with Crippen LogP contribution >= 0.6 is 0 Å². The molecule has 0 bridgehead atoms. The highest BCUT2D eigenvalue weighted by molar-refractivity contribution is 6.74. The summed E-state index contributed by atoms with van der Waals surface area (Å²) in [5.74, 6) is 1.07. The Morgan fingerprint density at radius 2 is 1.79 bits per heavy atom. The van der Waals surface area contributed by atoms with E-state index in [1.54, 1.807) is 0 Å². The van der Waals surface area contributed by atoms with E-state index in [4.69, 9.17) is 9.53 Å². The molecule has 4 heteroatoms. The van der Waals surface area contributed by atoms with Crippen LogP contribution in [0.25, 0.3) is 0 Å². The second kappa shape index (κ2) is 6.25. The van der Waals surface area contributed by atoms with E-state index in [2.05, 4.69) is 40.8 Å². The first-order chi connectivity index (χ1) is 8.60. The van der Waals surface area contributed by atoms with Crippen LogP contribution in [0.5, 0.6) is 0 Å². The van der Waals surface area contributed by atoms with Gasteiger partial charge >= 0.3 is 0 Å². The molecule has 0 saturated heterocycles.